The van der Waals surface area contributed by atoms with Crippen LogP contribution >= 0.6 is 0 Å². The third-order valence-electron chi connectivity index (χ3n) is 4.21. The molecule has 0 spiro atoms. The number of anilines is 1. The molecular weight excluding hydrogens is 308 g/mol. The van der Waals surface area contributed by atoms with Crippen LogP contribution in [0.5, 0.6) is 0 Å². The van der Waals surface area contributed by atoms with Gasteiger partial charge in [0.15, 0.2) is 12.4 Å². The van der Waals surface area contributed by atoms with Crippen LogP contribution in [0.15, 0.2) is 48.8 Å². The van der Waals surface area contributed by atoms with Crippen molar-refractivity contribution >= 4 is 17.8 Å². The number of benzene rings is 1. The molecule has 0 aliphatic rings. The van der Waals surface area contributed by atoms with Gasteiger partial charge in [-0.05, 0) is 23.3 Å². The summed E-state index contributed by atoms with van der Waals surface area (Å²) in [5, 5.41) is 0. The summed E-state index contributed by atoms with van der Waals surface area (Å²) in [5.41, 5.74) is 14.9. The lowest BCUT2D eigenvalue weighted by molar-refractivity contribution is -0.697. The van der Waals surface area contributed by atoms with Crippen molar-refractivity contribution in [2.24, 2.45) is 11.5 Å². The van der Waals surface area contributed by atoms with E-state index in [1.165, 1.54) is 29.7 Å². The van der Waals surface area contributed by atoms with E-state index in [-0.39, 0.29) is 0 Å². The molecule has 4 N–H and O–H groups in total. The van der Waals surface area contributed by atoms with Crippen molar-refractivity contribution in [3.8, 4) is 0 Å². The molecule has 0 saturated heterocycles. The van der Waals surface area contributed by atoms with Gasteiger partial charge in [0.05, 0.1) is 0 Å². The van der Waals surface area contributed by atoms with Gasteiger partial charge < -0.3 is 16.4 Å². The second kappa shape index (κ2) is 10.6. The van der Waals surface area contributed by atoms with Gasteiger partial charge in [0.25, 0.3) is 0 Å². The molecule has 0 fully saturated rings. The molecule has 4 heteroatoms. The molecule has 1 heterocycles. The Labute approximate surface area is 151 Å². The van der Waals surface area contributed by atoms with Gasteiger partial charge in [0.1, 0.15) is 6.54 Å². The first-order valence-electron chi connectivity index (χ1n) is 9.19. The van der Waals surface area contributed by atoms with Gasteiger partial charge in [-0.15, -0.1) is 0 Å². The maximum Gasteiger partial charge on any atom is 0.169 e. The normalized spacial score (nSPS) is 11.2. The van der Waals surface area contributed by atoms with E-state index in [4.69, 9.17) is 11.5 Å². The molecule has 25 heavy (non-hydrogen) atoms. The number of nitrogens with zero attached hydrogens (tertiary/aromatic N) is 2. The van der Waals surface area contributed by atoms with E-state index in [1.807, 2.05) is 0 Å². The molecule has 2 rings (SSSR count). The number of hydrogen-bond acceptors (Lipinski definition) is 3. The lowest BCUT2D eigenvalue weighted by Gasteiger charge is -2.23. The Bertz CT molecular complexity index is 626. The summed E-state index contributed by atoms with van der Waals surface area (Å²) in [6.45, 7) is 6.23. The molecule has 4 nitrogen and oxygen atoms in total. The zero-order valence-electron chi connectivity index (χ0n) is 15.3. The Kier molecular flexibility index (Phi) is 8.16. The molecule has 0 bridgehead atoms. The van der Waals surface area contributed by atoms with Gasteiger partial charge in [-0.3, -0.25) is 0 Å². The fourth-order valence-electron chi connectivity index (χ4n) is 2.74. The minimum absolute atomic E-state index is 0.633. The van der Waals surface area contributed by atoms with Crippen LogP contribution in [0.3, 0.4) is 0 Å². The Hall–Kier alpha value is -2.17. The number of pyridine rings is 1. The van der Waals surface area contributed by atoms with Crippen molar-refractivity contribution in [1.29, 1.82) is 0 Å². The minimum atomic E-state index is 0.633. The molecule has 1 aromatic heterocycles. The van der Waals surface area contributed by atoms with E-state index >= 15 is 0 Å². The van der Waals surface area contributed by atoms with Gasteiger partial charge in [0, 0.05) is 50.4 Å². The van der Waals surface area contributed by atoms with Crippen LogP contribution in [0.25, 0.3) is 12.2 Å². The van der Waals surface area contributed by atoms with Crippen LogP contribution in [-0.4, -0.2) is 26.2 Å². The van der Waals surface area contributed by atoms with Gasteiger partial charge >= 0.3 is 0 Å². The number of unbranched alkanes of at least 4 members (excludes halogenated alkanes) is 1. The van der Waals surface area contributed by atoms with E-state index in [2.05, 4.69) is 77.3 Å². The summed E-state index contributed by atoms with van der Waals surface area (Å²) in [7, 11) is 0. The highest BCUT2D eigenvalue weighted by Crippen LogP contribution is 2.16. The zero-order valence-corrected chi connectivity index (χ0v) is 15.3. The molecule has 134 valence electrons. The predicted octanol–water partition coefficient (Wildman–Crippen LogP) is 2.67. The van der Waals surface area contributed by atoms with Crippen molar-refractivity contribution in [2.45, 2.75) is 26.3 Å². The van der Waals surface area contributed by atoms with Gasteiger partial charge in [-0.25, -0.2) is 4.57 Å². The minimum Gasteiger partial charge on any atom is -0.369 e. The third-order valence-corrected chi connectivity index (χ3v) is 4.21. The van der Waals surface area contributed by atoms with Crippen LogP contribution < -0.4 is 20.9 Å². The van der Waals surface area contributed by atoms with E-state index in [1.54, 1.807) is 0 Å². The number of aromatic nitrogens is 1. The Morgan fingerprint density at radius 1 is 0.880 bits per heavy atom. The summed E-state index contributed by atoms with van der Waals surface area (Å²) < 4.78 is 2.24. The second-order valence-corrected chi connectivity index (χ2v) is 6.21. The molecule has 0 atom stereocenters. The third kappa shape index (κ3) is 6.33. The number of hydrogen-bond donors (Lipinski definition) is 2. The van der Waals surface area contributed by atoms with E-state index in [0.717, 1.165) is 19.6 Å². The first-order chi connectivity index (χ1) is 12.3. The molecular formula is C21H31N4+. The molecule has 0 amide bonds. The van der Waals surface area contributed by atoms with Crippen molar-refractivity contribution in [1.82, 2.24) is 0 Å². The van der Waals surface area contributed by atoms with Crippen molar-refractivity contribution in [3.05, 3.63) is 59.9 Å². The average Bonchev–Trinajstić information content (AvgIpc) is 2.66. The van der Waals surface area contributed by atoms with E-state index in [9.17, 15) is 0 Å². The summed E-state index contributed by atoms with van der Waals surface area (Å²) in [6, 6.07) is 12.9. The van der Waals surface area contributed by atoms with Crippen LogP contribution in [0, 0.1) is 0 Å². The van der Waals surface area contributed by atoms with Crippen LogP contribution in [0.2, 0.25) is 0 Å². The van der Waals surface area contributed by atoms with Crippen LogP contribution in [0.1, 0.15) is 30.9 Å². The molecule has 1 aromatic carbocycles. The Morgan fingerprint density at radius 2 is 1.44 bits per heavy atom. The topological polar surface area (TPSA) is 59.2 Å². The fourth-order valence-corrected chi connectivity index (χ4v) is 2.74. The first kappa shape index (κ1) is 19.2. The first-order valence-corrected chi connectivity index (χ1v) is 9.19. The van der Waals surface area contributed by atoms with E-state index < -0.39 is 0 Å². The Morgan fingerprint density at radius 3 is 1.96 bits per heavy atom. The SMILES string of the molecule is CCCC[n+]1ccc(C=Cc2ccc(N(CCN)CCN)cc2)cc1. The number of aryl methyl sites for hydroxylation is 1. The average molecular weight is 340 g/mol. The highest BCUT2D eigenvalue weighted by atomic mass is 15.1. The lowest BCUT2D eigenvalue weighted by Crippen LogP contribution is -2.33. The van der Waals surface area contributed by atoms with Crippen molar-refractivity contribution in [2.75, 3.05) is 31.1 Å². The standard InChI is InChI=1S/C21H31N4/c1-2-3-14-24-15-10-20(11-16-24)5-4-19-6-8-21(9-7-19)25(17-12-22)18-13-23/h4-11,15-16H,2-3,12-14,17-18,22-23H2,1H3/q+1. The largest absolute Gasteiger partial charge is 0.369 e. The Balaban J connectivity index is 1.98. The highest BCUT2D eigenvalue weighted by molar-refractivity contribution is 5.70. The number of rotatable bonds is 10. The highest BCUT2D eigenvalue weighted by Gasteiger charge is 2.04. The quantitative estimate of drug-likeness (QED) is 0.654. The fraction of sp³-hybridized carbons (Fsp3) is 0.381. The lowest BCUT2D eigenvalue weighted by atomic mass is 10.1. The summed E-state index contributed by atoms with van der Waals surface area (Å²) in [4.78, 5) is 2.22. The molecule has 0 aliphatic heterocycles. The smallest absolute Gasteiger partial charge is 0.169 e. The van der Waals surface area contributed by atoms with Crippen molar-refractivity contribution in [3.63, 3.8) is 0 Å². The summed E-state index contributed by atoms with van der Waals surface area (Å²) in [6.07, 6.45) is 11.0. The van der Waals surface area contributed by atoms with Gasteiger partial charge in [-0.1, -0.05) is 37.6 Å². The van der Waals surface area contributed by atoms with Gasteiger partial charge in [-0.2, -0.15) is 0 Å². The van der Waals surface area contributed by atoms with E-state index in [0.29, 0.717) is 13.1 Å². The maximum absolute atomic E-state index is 5.68. The van der Waals surface area contributed by atoms with Crippen molar-refractivity contribution < 1.29 is 4.57 Å². The van der Waals surface area contributed by atoms with Gasteiger partial charge in [0.2, 0.25) is 0 Å². The molecule has 0 saturated carbocycles. The molecule has 2 aromatic rings. The number of nitrogens with two attached hydrogens (primary N) is 2. The van der Waals surface area contributed by atoms with Crippen LogP contribution in [0.4, 0.5) is 5.69 Å². The summed E-state index contributed by atoms with van der Waals surface area (Å²) >= 11 is 0. The zero-order chi connectivity index (χ0) is 17.9. The molecule has 0 unspecified atom stereocenters. The monoisotopic (exact) mass is 339 g/mol. The maximum atomic E-state index is 5.68. The molecule has 0 radical (unpaired) electrons. The van der Waals surface area contributed by atoms with Crippen LogP contribution in [-0.2, 0) is 6.54 Å². The molecule has 0 aliphatic carbocycles. The second-order valence-electron chi connectivity index (χ2n) is 6.21. The summed E-state index contributed by atoms with van der Waals surface area (Å²) in [5.74, 6) is 0. The predicted molar refractivity (Wildman–Crippen MR) is 107 cm³/mol.